The predicted molar refractivity (Wildman–Crippen MR) is 210 cm³/mol. The molecule has 2 aromatic carbocycles. The highest BCUT2D eigenvalue weighted by atomic mass is 32.1. The Labute approximate surface area is 334 Å². The fourth-order valence-corrected chi connectivity index (χ4v) is 7.83. The number of piperidine rings is 2. The molecule has 14 nitrogen and oxygen atoms in total. The Hall–Kier alpha value is -5.21. The van der Waals surface area contributed by atoms with Crippen molar-refractivity contribution in [3.8, 4) is 11.5 Å². The lowest BCUT2D eigenvalue weighted by molar-refractivity contribution is 0.0210. The molecule has 2 aliphatic rings. The van der Waals surface area contributed by atoms with Gasteiger partial charge in [0.15, 0.2) is 33.5 Å². The molecular formula is C37H44F4N8O6S2. The number of benzene rings is 2. The zero-order valence-electron chi connectivity index (χ0n) is 31.9. The predicted octanol–water partition coefficient (Wildman–Crippen LogP) is 6.46. The van der Waals surface area contributed by atoms with Gasteiger partial charge in [-0.1, -0.05) is 22.7 Å². The van der Waals surface area contributed by atoms with Gasteiger partial charge in [-0.15, -0.1) is 0 Å². The summed E-state index contributed by atoms with van der Waals surface area (Å²) < 4.78 is 71.1. The summed E-state index contributed by atoms with van der Waals surface area (Å²) in [6.07, 6.45) is 2.79. The van der Waals surface area contributed by atoms with Crippen LogP contribution in [0.1, 0.15) is 76.9 Å². The highest BCUT2D eigenvalue weighted by Gasteiger charge is 2.31. The summed E-state index contributed by atoms with van der Waals surface area (Å²) in [5.41, 5.74) is 10.2. The molecule has 7 N–H and O–H groups in total. The summed E-state index contributed by atoms with van der Waals surface area (Å²) in [6.45, 7) is 8.25. The molecule has 0 unspecified atom stereocenters. The third kappa shape index (κ3) is 10.4. The van der Waals surface area contributed by atoms with E-state index in [1.165, 1.54) is 26.4 Å². The molecule has 20 heteroatoms. The van der Waals surface area contributed by atoms with Crippen molar-refractivity contribution in [2.45, 2.75) is 64.1 Å². The number of carbonyl (C=O) groups is 3. The number of likely N-dealkylation sites (tertiary alicyclic amines) is 1. The summed E-state index contributed by atoms with van der Waals surface area (Å²) in [4.78, 5) is 47.8. The van der Waals surface area contributed by atoms with Gasteiger partial charge in [-0.3, -0.25) is 9.59 Å². The summed E-state index contributed by atoms with van der Waals surface area (Å²) in [5.74, 6) is -6.64. The summed E-state index contributed by atoms with van der Waals surface area (Å²) in [5, 5.41) is 10.6. The minimum absolute atomic E-state index is 0.00244. The Morgan fingerprint density at radius 2 is 1.18 bits per heavy atom. The molecule has 2 saturated heterocycles. The maximum absolute atomic E-state index is 14.3. The maximum Gasteiger partial charge on any atom is 0.410 e. The number of methoxy groups -OCH3 is 2. The highest BCUT2D eigenvalue weighted by molar-refractivity contribution is 7.18. The molecule has 1 amide bonds. The Kier molecular flexibility index (Phi) is 13.8. The number of ether oxygens (including phenoxy) is 3. The fraction of sp³-hybridized carbons (Fsp3) is 0.432. The topological polar surface area (TPSA) is 196 Å². The molecule has 57 heavy (non-hydrogen) atoms. The number of nitrogens with one attached hydrogen (secondary N) is 3. The zero-order chi connectivity index (χ0) is 41.6. The van der Waals surface area contributed by atoms with E-state index in [0.717, 1.165) is 60.7 Å². The third-order valence-corrected chi connectivity index (χ3v) is 10.9. The van der Waals surface area contributed by atoms with Crippen LogP contribution in [0, 0.1) is 23.3 Å². The van der Waals surface area contributed by atoms with E-state index in [1.807, 2.05) is 20.8 Å². The van der Waals surface area contributed by atoms with E-state index in [1.54, 1.807) is 4.90 Å². The monoisotopic (exact) mass is 836 g/mol. The van der Waals surface area contributed by atoms with Crippen molar-refractivity contribution < 1.29 is 46.2 Å². The van der Waals surface area contributed by atoms with Crippen molar-refractivity contribution in [1.82, 2.24) is 20.2 Å². The van der Waals surface area contributed by atoms with Crippen LogP contribution in [0.25, 0.3) is 0 Å². The Balaban J connectivity index is 0.000000224. The van der Waals surface area contributed by atoms with E-state index in [4.69, 9.17) is 25.7 Å². The van der Waals surface area contributed by atoms with Crippen LogP contribution in [-0.2, 0) is 4.74 Å². The van der Waals surface area contributed by atoms with Crippen LogP contribution in [0.15, 0.2) is 24.3 Å². The molecule has 0 saturated carbocycles. The minimum Gasteiger partial charge on any atom is -0.496 e. The first kappa shape index (κ1) is 42.9. The second-order valence-electron chi connectivity index (χ2n) is 14.1. The van der Waals surface area contributed by atoms with Crippen LogP contribution in [0.3, 0.4) is 0 Å². The lowest BCUT2D eigenvalue weighted by Gasteiger charge is -2.33. The van der Waals surface area contributed by atoms with Gasteiger partial charge in [0.05, 0.1) is 14.2 Å². The van der Waals surface area contributed by atoms with Crippen molar-refractivity contribution in [3.05, 3.63) is 68.4 Å². The van der Waals surface area contributed by atoms with Crippen LogP contribution >= 0.6 is 22.7 Å². The number of anilines is 4. The Bertz CT molecular complexity index is 2100. The molecule has 0 bridgehead atoms. The van der Waals surface area contributed by atoms with Gasteiger partial charge in [0.2, 0.25) is 11.6 Å². The van der Waals surface area contributed by atoms with Crippen molar-refractivity contribution in [2.24, 2.45) is 0 Å². The number of carbonyl (C=O) groups excluding carboxylic acids is 3. The first-order valence-corrected chi connectivity index (χ1v) is 19.5. The lowest BCUT2D eigenvalue weighted by Crippen LogP contribution is -2.44. The average molecular weight is 837 g/mol. The van der Waals surface area contributed by atoms with Crippen molar-refractivity contribution >= 4 is 62.2 Å². The molecule has 0 atom stereocenters. The van der Waals surface area contributed by atoms with Crippen molar-refractivity contribution in [3.63, 3.8) is 0 Å². The zero-order valence-corrected chi connectivity index (χ0v) is 33.5. The minimum atomic E-state index is -1.30. The molecule has 2 aliphatic heterocycles. The smallest absolute Gasteiger partial charge is 0.410 e. The molecule has 4 aromatic rings. The summed E-state index contributed by atoms with van der Waals surface area (Å²) in [6, 6.07) is 4.41. The first-order chi connectivity index (χ1) is 27.0. The van der Waals surface area contributed by atoms with Crippen molar-refractivity contribution in [1.29, 1.82) is 0 Å². The van der Waals surface area contributed by atoms with E-state index in [2.05, 4.69) is 25.9 Å². The number of nitrogen functional groups attached to an aromatic ring is 2. The second-order valence-corrected chi connectivity index (χ2v) is 16.1. The maximum atomic E-state index is 14.3. The average Bonchev–Trinajstić information content (AvgIpc) is 3.73. The molecule has 0 spiro atoms. The highest BCUT2D eigenvalue weighted by Crippen LogP contribution is 2.35. The van der Waals surface area contributed by atoms with Gasteiger partial charge >= 0.3 is 6.09 Å². The van der Waals surface area contributed by atoms with E-state index in [0.29, 0.717) is 36.2 Å². The van der Waals surface area contributed by atoms with Crippen LogP contribution < -0.4 is 36.9 Å². The fourth-order valence-electron chi connectivity index (χ4n) is 6.02. The number of aromatic nitrogens is 2. The molecule has 2 aromatic heterocycles. The van der Waals surface area contributed by atoms with Gasteiger partial charge in [-0.2, -0.15) is 0 Å². The number of halogens is 4. The SMILES string of the molecule is COc1ccc(F)c(F)c1C(=O)c1sc(NC2CCN(C(=O)OC(C)(C)C)CC2)nc1N.COc1ccc(F)c(F)c1C(=O)c1sc(NC2CCNCC2)nc1N. The van der Waals surface area contributed by atoms with Crippen LogP contribution in [0.4, 0.5) is 44.3 Å². The molecule has 308 valence electrons. The number of ketones is 2. The number of nitrogens with zero attached hydrogens (tertiary/aromatic N) is 3. The van der Waals surface area contributed by atoms with E-state index >= 15 is 0 Å². The van der Waals surface area contributed by atoms with E-state index in [-0.39, 0.29) is 51.1 Å². The molecule has 0 aliphatic carbocycles. The van der Waals surface area contributed by atoms with Gasteiger partial charge in [-0.05, 0) is 83.8 Å². The normalized spacial score (nSPS) is 15.0. The number of nitrogens with two attached hydrogens (primary N) is 2. The lowest BCUT2D eigenvalue weighted by atomic mass is 10.1. The van der Waals surface area contributed by atoms with Crippen LogP contribution in [0.5, 0.6) is 11.5 Å². The Morgan fingerprint density at radius 3 is 1.58 bits per heavy atom. The van der Waals surface area contributed by atoms with Gasteiger partial charge in [0.25, 0.3) is 0 Å². The van der Waals surface area contributed by atoms with Gasteiger partial charge in [-0.25, -0.2) is 32.3 Å². The van der Waals surface area contributed by atoms with Gasteiger partial charge in [0, 0.05) is 25.2 Å². The van der Waals surface area contributed by atoms with Crippen LogP contribution in [-0.4, -0.2) is 90.6 Å². The molecular weight excluding hydrogens is 793 g/mol. The van der Waals surface area contributed by atoms with Gasteiger partial charge < -0.3 is 46.5 Å². The quantitative estimate of drug-likeness (QED) is 0.0863. The number of rotatable bonds is 10. The van der Waals surface area contributed by atoms with Gasteiger partial charge in [0.1, 0.15) is 49.6 Å². The van der Waals surface area contributed by atoms with E-state index < -0.39 is 51.6 Å². The molecule has 0 radical (unpaired) electrons. The van der Waals surface area contributed by atoms with Crippen molar-refractivity contribution in [2.75, 3.05) is 62.5 Å². The largest absolute Gasteiger partial charge is 0.496 e. The number of thiazole rings is 2. The molecule has 4 heterocycles. The summed E-state index contributed by atoms with van der Waals surface area (Å²) >= 11 is 1.99. The number of hydrogen-bond donors (Lipinski definition) is 5. The molecule has 6 rings (SSSR count). The van der Waals surface area contributed by atoms with E-state index in [9.17, 15) is 31.9 Å². The first-order valence-electron chi connectivity index (χ1n) is 17.9. The number of hydrogen-bond acceptors (Lipinski definition) is 15. The number of amides is 1. The standard InChI is InChI=1S/C21H26F2N4O4S.C16H18F2N4O2S/c1-21(2,3)31-20(29)27-9-7-11(8-10-27)25-19-26-18(24)17(32-19)16(28)14-13(30-4)6-5-12(22)15(14)23;1-24-10-3-2-9(17)12(18)11(10)13(23)14-15(19)22-16(25-14)21-8-4-6-20-7-5-8/h5-6,11H,7-10,24H2,1-4H3,(H,25,26);2-3,8,20H,4-7,19H2,1H3,(H,21,22). The van der Waals surface area contributed by atoms with Crippen LogP contribution in [0.2, 0.25) is 0 Å². The third-order valence-electron chi connectivity index (χ3n) is 8.87. The Morgan fingerprint density at radius 1 is 0.754 bits per heavy atom. The second kappa shape index (κ2) is 18.4. The molecule has 2 fully saturated rings. The summed E-state index contributed by atoms with van der Waals surface area (Å²) in [7, 11) is 2.54.